The zero-order valence-corrected chi connectivity index (χ0v) is 9.09. The molecule has 0 atom stereocenters. The molecular formula is C11H13N3O2. The van der Waals surface area contributed by atoms with Crippen LogP contribution in [0.15, 0.2) is 29.4 Å². The smallest absolute Gasteiger partial charge is 0.192 e. The van der Waals surface area contributed by atoms with E-state index in [1.807, 2.05) is 31.2 Å². The molecule has 2 rings (SSSR count). The molecule has 1 saturated heterocycles. The quantitative estimate of drug-likeness (QED) is 0.445. The van der Waals surface area contributed by atoms with Crippen LogP contribution in [-0.2, 0) is 21.8 Å². The summed E-state index contributed by atoms with van der Waals surface area (Å²) in [6, 6.07) is 7.68. The topological polar surface area (TPSA) is 67.2 Å². The van der Waals surface area contributed by atoms with Crippen LogP contribution in [-0.4, -0.2) is 13.2 Å². The van der Waals surface area contributed by atoms with Gasteiger partial charge in [-0.25, -0.2) is 0 Å². The number of azide groups is 1. The van der Waals surface area contributed by atoms with Gasteiger partial charge in [0.05, 0.1) is 19.8 Å². The Bertz CT molecular complexity index is 421. The highest BCUT2D eigenvalue weighted by Gasteiger charge is 2.34. The maximum absolute atomic E-state index is 8.34. The zero-order chi connectivity index (χ0) is 11.4. The SMILES string of the molecule is CC1(c2ccccc2CN=[N+]=[N-])OCCO1. The van der Waals surface area contributed by atoms with Gasteiger partial charge in [0.25, 0.3) is 0 Å². The zero-order valence-electron chi connectivity index (χ0n) is 9.09. The number of benzene rings is 1. The second-order valence-electron chi connectivity index (χ2n) is 3.69. The van der Waals surface area contributed by atoms with Crippen molar-refractivity contribution in [3.63, 3.8) is 0 Å². The lowest BCUT2D eigenvalue weighted by Gasteiger charge is -2.25. The molecule has 0 amide bonds. The molecule has 1 heterocycles. The maximum atomic E-state index is 8.34. The minimum atomic E-state index is -0.707. The van der Waals surface area contributed by atoms with Gasteiger partial charge in [-0.1, -0.05) is 29.4 Å². The number of hydrogen-bond acceptors (Lipinski definition) is 3. The summed E-state index contributed by atoms with van der Waals surface area (Å²) in [6.07, 6.45) is 0. The summed E-state index contributed by atoms with van der Waals surface area (Å²) in [5.41, 5.74) is 10.2. The second kappa shape index (κ2) is 4.53. The molecule has 1 fully saturated rings. The molecule has 1 aliphatic rings. The average Bonchev–Trinajstić information content (AvgIpc) is 2.75. The summed E-state index contributed by atoms with van der Waals surface area (Å²) >= 11 is 0. The van der Waals surface area contributed by atoms with Crippen LogP contribution < -0.4 is 0 Å². The molecule has 0 aromatic heterocycles. The van der Waals surface area contributed by atoms with Crippen molar-refractivity contribution in [2.75, 3.05) is 13.2 Å². The first-order valence-corrected chi connectivity index (χ1v) is 5.13. The van der Waals surface area contributed by atoms with Crippen molar-refractivity contribution in [3.05, 3.63) is 45.8 Å². The molecule has 0 aliphatic carbocycles. The van der Waals surface area contributed by atoms with E-state index in [4.69, 9.17) is 15.0 Å². The van der Waals surface area contributed by atoms with Crippen LogP contribution in [0.25, 0.3) is 10.4 Å². The van der Waals surface area contributed by atoms with Crippen LogP contribution in [0.1, 0.15) is 18.1 Å². The summed E-state index contributed by atoms with van der Waals surface area (Å²) in [7, 11) is 0. The third-order valence-electron chi connectivity index (χ3n) is 2.65. The summed E-state index contributed by atoms with van der Waals surface area (Å²) in [5.74, 6) is -0.707. The molecule has 1 aliphatic heterocycles. The van der Waals surface area contributed by atoms with Gasteiger partial charge < -0.3 is 9.47 Å². The Morgan fingerprint density at radius 3 is 2.75 bits per heavy atom. The summed E-state index contributed by atoms with van der Waals surface area (Å²) in [5, 5.41) is 3.57. The second-order valence-corrected chi connectivity index (χ2v) is 3.69. The molecule has 0 spiro atoms. The van der Waals surface area contributed by atoms with E-state index < -0.39 is 5.79 Å². The van der Waals surface area contributed by atoms with Crippen molar-refractivity contribution in [3.8, 4) is 0 Å². The Hall–Kier alpha value is -1.55. The van der Waals surface area contributed by atoms with Crippen LogP contribution in [0, 0.1) is 0 Å². The number of rotatable bonds is 3. The first kappa shape index (κ1) is 11.0. The summed E-state index contributed by atoms with van der Waals surface area (Å²) in [6.45, 7) is 3.38. The van der Waals surface area contributed by atoms with Crippen LogP contribution in [0.2, 0.25) is 0 Å². The van der Waals surface area contributed by atoms with Crippen LogP contribution in [0.3, 0.4) is 0 Å². The van der Waals surface area contributed by atoms with Gasteiger partial charge >= 0.3 is 0 Å². The molecule has 0 saturated carbocycles. The van der Waals surface area contributed by atoms with E-state index in [-0.39, 0.29) is 0 Å². The van der Waals surface area contributed by atoms with Crippen molar-refractivity contribution >= 4 is 0 Å². The van der Waals surface area contributed by atoms with Gasteiger partial charge in [0.2, 0.25) is 0 Å². The van der Waals surface area contributed by atoms with Crippen molar-refractivity contribution in [2.45, 2.75) is 19.3 Å². The normalized spacial score (nSPS) is 18.1. The summed E-state index contributed by atoms with van der Waals surface area (Å²) < 4.78 is 11.2. The van der Waals surface area contributed by atoms with Crippen molar-refractivity contribution in [1.29, 1.82) is 0 Å². The first-order chi connectivity index (χ1) is 7.76. The Balaban J connectivity index is 2.35. The largest absolute Gasteiger partial charge is 0.344 e. The fourth-order valence-electron chi connectivity index (χ4n) is 1.88. The monoisotopic (exact) mass is 219 g/mol. The van der Waals surface area contributed by atoms with Gasteiger partial charge in [-0.15, -0.1) is 0 Å². The van der Waals surface area contributed by atoms with Crippen molar-refractivity contribution in [1.82, 2.24) is 0 Å². The minimum absolute atomic E-state index is 0.314. The molecule has 1 aromatic rings. The Morgan fingerprint density at radius 2 is 2.06 bits per heavy atom. The first-order valence-electron chi connectivity index (χ1n) is 5.13. The number of nitrogens with zero attached hydrogens (tertiary/aromatic N) is 3. The van der Waals surface area contributed by atoms with E-state index in [0.717, 1.165) is 11.1 Å². The van der Waals surface area contributed by atoms with E-state index in [2.05, 4.69) is 10.0 Å². The van der Waals surface area contributed by atoms with E-state index in [0.29, 0.717) is 19.8 Å². The van der Waals surface area contributed by atoms with E-state index in [9.17, 15) is 0 Å². The molecular weight excluding hydrogens is 206 g/mol. The van der Waals surface area contributed by atoms with Gasteiger partial charge in [-0.3, -0.25) is 0 Å². The highest BCUT2D eigenvalue weighted by atomic mass is 16.7. The lowest BCUT2D eigenvalue weighted by molar-refractivity contribution is -0.150. The lowest BCUT2D eigenvalue weighted by atomic mass is 10.0. The average molecular weight is 219 g/mol. The van der Waals surface area contributed by atoms with Crippen LogP contribution in [0.4, 0.5) is 0 Å². The Kier molecular flexibility index (Phi) is 3.10. The maximum Gasteiger partial charge on any atom is 0.192 e. The van der Waals surface area contributed by atoms with Gasteiger partial charge in [0.15, 0.2) is 5.79 Å². The van der Waals surface area contributed by atoms with Crippen molar-refractivity contribution < 1.29 is 9.47 Å². The molecule has 0 bridgehead atoms. The molecule has 0 unspecified atom stereocenters. The molecule has 16 heavy (non-hydrogen) atoms. The van der Waals surface area contributed by atoms with Gasteiger partial charge in [-0.05, 0) is 18.0 Å². The molecule has 0 N–H and O–H groups in total. The van der Waals surface area contributed by atoms with E-state index >= 15 is 0 Å². The van der Waals surface area contributed by atoms with E-state index in [1.54, 1.807) is 0 Å². The lowest BCUT2D eigenvalue weighted by Crippen LogP contribution is -2.24. The van der Waals surface area contributed by atoms with Gasteiger partial charge in [0.1, 0.15) is 0 Å². The Labute approximate surface area is 93.6 Å². The highest BCUT2D eigenvalue weighted by molar-refractivity contribution is 5.31. The van der Waals surface area contributed by atoms with Gasteiger partial charge in [-0.2, -0.15) is 0 Å². The number of hydrogen-bond donors (Lipinski definition) is 0. The van der Waals surface area contributed by atoms with E-state index in [1.165, 1.54) is 0 Å². The highest BCUT2D eigenvalue weighted by Crippen LogP contribution is 2.33. The fourth-order valence-corrected chi connectivity index (χ4v) is 1.88. The summed E-state index contributed by atoms with van der Waals surface area (Å²) in [4.78, 5) is 2.76. The Morgan fingerprint density at radius 1 is 1.38 bits per heavy atom. The third-order valence-corrected chi connectivity index (χ3v) is 2.65. The predicted molar refractivity (Wildman–Crippen MR) is 58.5 cm³/mol. The molecule has 0 radical (unpaired) electrons. The third kappa shape index (κ3) is 2.02. The molecule has 5 heteroatoms. The van der Waals surface area contributed by atoms with Gasteiger partial charge in [0, 0.05) is 10.5 Å². The predicted octanol–water partition coefficient (Wildman–Crippen LogP) is 2.72. The fraction of sp³-hybridized carbons (Fsp3) is 0.455. The molecule has 5 nitrogen and oxygen atoms in total. The van der Waals surface area contributed by atoms with Crippen LogP contribution >= 0.6 is 0 Å². The molecule has 84 valence electrons. The van der Waals surface area contributed by atoms with Crippen LogP contribution in [0.5, 0.6) is 0 Å². The standard InChI is InChI=1S/C11H13N3O2/c1-11(15-6-7-16-11)10-5-3-2-4-9(10)8-13-14-12/h2-5H,6-8H2,1H3. The van der Waals surface area contributed by atoms with Crippen molar-refractivity contribution in [2.24, 2.45) is 5.11 Å². The number of ether oxygens (including phenoxy) is 2. The minimum Gasteiger partial charge on any atom is -0.344 e. The molecule has 1 aromatic carbocycles.